The molecule has 0 bridgehead atoms. The number of nitrogens with zero attached hydrogens (tertiary/aromatic N) is 1. The fourth-order valence-electron chi connectivity index (χ4n) is 3.92. The van der Waals surface area contributed by atoms with Gasteiger partial charge in [0, 0.05) is 6.07 Å². The maximum Gasteiger partial charge on any atom is 0.527 e. The largest absolute Gasteiger partial charge is 0.527 e. The highest BCUT2D eigenvalue weighted by molar-refractivity contribution is 7.47. The molecule has 0 fully saturated rings. The molecule has 0 spiro atoms. The van der Waals surface area contributed by atoms with Crippen LogP contribution in [0.25, 0.3) is 0 Å². The molecule has 1 aromatic carbocycles. The van der Waals surface area contributed by atoms with Gasteiger partial charge in [0.1, 0.15) is 18.1 Å². The summed E-state index contributed by atoms with van der Waals surface area (Å²) in [5.74, 6) is 0.892. The van der Waals surface area contributed by atoms with Gasteiger partial charge in [0.25, 0.3) is 0 Å². The summed E-state index contributed by atoms with van der Waals surface area (Å²) in [7, 11) is -4.18. The third kappa shape index (κ3) is 15.3. The van der Waals surface area contributed by atoms with E-state index in [0.717, 1.165) is 12.8 Å². The number of ether oxygens (including phenoxy) is 1. The van der Waals surface area contributed by atoms with Crippen molar-refractivity contribution in [3.63, 3.8) is 0 Å². The van der Waals surface area contributed by atoms with E-state index in [1.165, 1.54) is 77.0 Å². The summed E-state index contributed by atoms with van der Waals surface area (Å²) in [4.78, 5) is 9.97. The normalized spacial score (nSPS) is 13.0. The van der Waals surface area contributed by atoms with Crippen molar-refractivity contribution >= 4 is 19.2 Å². The van der Waals surface area contributed by atoms with Crippen molar-refractivity contribution in [3.8, 4) is 11.5 Å². The highest BCUT2D eigenvalue weighted by Gasteiger charge is 2.24. The van der Waals surface area contributed by atoms with Crippen LogP contribution in [0.4, 0.5) is 0 Å². The zero-order chi connectivity index (χ0) is 25.0. The van der Waals surface area contributed by atoms with Crippen LogP contribution < -0.4 is 13.8 Å². The highest BCUT2D eigenvalue weighted by Crippen LogP contribution is 2.44. The SMILES string of the molecule is CCCCCCCCCCCCCCCCOc1cccc(OP(=O)(O)OCC[n+]2ccsc2)c1. The van der Waals surface area contributed by atoms with Crippen LogP contribution in [0.15, 0.2) is 41.4 Å². The standard InChI is InChI=1S/C27H44NO5PS/c1-2-3-4-5-6-7-8-9-10-11-12-13-14-15-21-31-26-17-16-18-27(24-26)33-34(29,30)32-22-19-28-20-23-35-25-28/h16-18,20,23-25H,2-15,19,21-22H2,1H3/p+1. The Morgan fingerprint density at radius 2 is 1.46 bits per heavy atom. The molecule has 0 aliphatic heterocycles. The van der Waals surface area contributed by atoms with Crippen LogP contribution >= 0.6 is 19.2 Å². The molecule has 6 nitrogen and oxygen atoms in total. The zero-order valence-corrected chi connectivity index (χ0v) is 23.2. The Kier molecular flexibility index (Phi) is 16.0. The summed E-state index contributed by atoms with van der Waals surface area (Å²) in [5.41, 5.74) is 1.91. The van der Waals surface area contributed by atoms with Crippen molar-refractivity contribution in [1.82, 2.24) is 0 Å². The molecule has 0 aliphatic carbocycles. The Morgan fingerprint density at radius 1 is 0.857 bits per heavy atom. The van der Waals surface area contributed by atoms with E-state index in [9.17, 15) is 9.46 Å². The molecule has 0 radical (unpaired) electrons. The van der Waals surface area contributed by atoms with Gasteiger partial charge in [-0.1, -0.05) is 108 Å². The van der Waals surface area contributed by atoms with Gasteiger partial charge in [0.15, 0.2) is 12.7 Å². The number of rotatable bonds is 22. The second-order valence-electron chi connectivity index (χ2n) is 9.08. The molecule has 0 saturated heterocycles. The molecule has 2 aromatic rings. The van der Waals surface area contributed by atoms with Crippen LogP contribution in [0.1, 0.15) is 96.8 Å². The van der Waals surface area contributed by atoms with Gasteiger partial charge in [-0.3, -0.25) is 9.42 Å². The maximum atomic E-state index is 12.2. The smallest absolute Gasteiger partial charge is 0.493 e. The van der Waals surface area contributed by atoms with E-state index >= 15 is 0 Å². The molecule has 8 heteroatoms. The van der Waals surface area contributed by atoms with Gasteiger partial charge in [0.05, 0.1) is 12.0 Å². The van der Waals surface area contributed by atoms with Crippen LogP contribution in [-0.4, -0.2) is 18.1 Å². The first kappa shape index (κ1) is 29.8. The fourth-order valence-corrected chi connectivity index (χ4v) is 5.29. The number of hydrogen-bond donors (Lipinski definition) is 1. The van der Waals surface area contributed by atoms with Crippen LogP contribution in [-0.2, 0) is 15.6 Å². The van der Waals surface area contributed by atoms with Crippen LogP contribution in [0.5, 0.6) is 11.5 Å². The van der Waals surface area contributed by atoms with Crippen LogP contribution in [0.3, 0.4) is 0 Å². The average molecular weight is 527 g/mol. The van der Waals surface area contributed by atoms with Gasteiger partial charge < -0.3 is 9.26 Å². The third-order valence-electron chi connectivity index (χ3n) is 5.92. The van der Waals surface area contributed by atoms with Gasteiger partial charge in [-0.2, -0.15) is 4.57 Å². The van der Waals surface area contributed by atoms with Gasteiger partial charge in [-0.05, 0) is 18.6 Å². The first-order valence-corrected chi connectivity index (χ1v) is 15.8. The first-order valence-electron chi connectivity index (χ1n) is 13.4. The van der Waals surface area contributed by atoms with Crippen molar-refractivity contribution in [2.45, 2.75) is 103 Å². The predicted octanol–water partition coefficient (Wildman–Crippen LogP) is 8.09. The molecule has 2 rings (SSSR count). The molecule has 0 aliphatic rings. The quantitative estimate of drug-likeness (QED) is 0.0954. The molecule has 1 atom stereocenters. The topological polar surface area (TPSA) is 68.9 Å². The molecule has 0 saturated carbocycles. The van der Waals surface area contributed by atoms with Gasteiger partial charge >= 0.3 is 7.82 Å². The average Bonchev–Trinajstić information content (AvgIpc) is 3.35. The van der Waals surface area contributed by atoms with Crippen molar-refractivity contribution in [1.29, 1.82) is 0 Å². The number of phosphoric ester groups is 1. The second-order valence-corrected chi connectivity index (χ2v) is 11.2. The van der Waals surface area contributed by atoms with Crippen molar-refractivity contribution in [2.75, 3.05) is 13.2 Å². The van der Waals surface area contributed by atoms with Gasteiger partial charge in [-0.15, -0.1) is 0 Å². The maximum absolute atomic E-state index is 12.2. The lowest BCUT2D eigenvalue weighted by Gasteiger charge is -2.13. The van der Waals surface area contributed by atoms with E-state index in [1.54, 1.807) is 29.5 Å². The van der Waals surface area contributed by atoms with Crippen LogP contribution in [0, 0.1) is 0 Å². The molecule has 1 aromatic heterocycles. The zero-order valence-electron chi connectivity index (χ0n) is 21.4. The van der Waals surface area contributed by atoms with E-state index in [4.69, 9.17) is 13.8 Å². The van der Waals surface area contributed by atoms with Crippen LogP contribution in [0.2, 0.25) is 0 Å². The Bertz CT molecular complexity index is 818. The third-order valence-corrected chi connectivity index (χ3v) is 7.55. The number of unbranched alkanes of at least 4 members (excludes halogenated alkanes) is 13. The van der Waals surface area contributed by atoms with Crippen molar-refractivity contribution in [3.05, 3.63) is 41.4 Å². The van der Waals surface area contributed by atoms with Crippen molar-refractivity contribution < 1.29 is 27.8 Å². The Labute approximate surface area is 216 Å². The second kappa shape index (κ2) is 18.8. The molecule has 1 heterocycles. The molecule has 1 N–H and O–H groups in total. The summed E-state index contributed by atoms with van der Waals surface area (Å²) in [6.07, 6.45) is 20.5. The molecule has 35 heavy (non-hydrogen) atoms. The number of benzene rings is 1. The lowest BCUT2D eigenvalue weighted by Crippen LogP contribution is -2.32. The summed E-state index contributed by atoms with van der Waals surface area (Å²) in [5, 5.41) is 1.93. The Hall–Kier alpha value is -1.40. The van der Waals surface area contributed by atoms with E-state index in [0.29, 0.717) is 18.9 Å². The van der Waals surface area contributed by atoms with E-state index in [2.05, 4.69) is 6.92 Å². The predicted molar refractivity (Wildman–Crippen MR) is 143 cm³/mol. The Morgan fingerprint density at radius 3 is 2.06 bits per heavy atom. The van der Waals surface area contributed by atoms with Crippen molar-refractivity contribution in [2.24, 2.45) is 0 Å². The minimum absolute atomic E-state index is 0.0878. The molecular weight excluding hydrogens is 481 g/mol. The fraction of sp³-hybridized carbons (Fsp3) is 0.667. The number of hydrogen-bond acceptors (Lipinski definition) is 5. The van der Waals surface area contributed by atoms with Gasteiger partial charge in [0.2, 0.25) is 5.51 Å². The van der Waals surface area contributed by atoms with E-state index < -0.39 is 7.82 Å². The minimum Gasteiger partial charge on any atom is -0.493 e. The van der Waals surface area contributed by atoms with E-state index in [-0.39, 0.29) is 12.4 Å². The lowest BCUT2D eigenvalue weighted by atomic mass is 10.0. The molecular formula is C27H45NO5PS+. The summed E-state index contributed by atoms with van der Waals surface area (Å²) >= 11 is 1.55. The number of thiazole rings is 1. The Balaban J connectivity index is 1.47. The number of aromatic nitrogens is 1. The molecule has 198 valence electrons. The first-order chi connectivity index (χ1) is 17.1. The summed E-state index contributed by atoms with van der Waals surface area (Å²) < 4.78 is 30.1. The lowest BCUT2D eigenvalue weighted by molar-refractivity contribution is -0.693. The number of phosphoric acid groups is 1. The monoisotopic (exact) mass is 526 g/mol. The van der Waals surface area contributed by atoms with E-state index in [1.807, 2.05) is 27.7 Å². The summed E-state index contributed by atoms with van der Waals surface area (Å²) in [6, 6.07) is 6.83. The highest BCUT2D eigenvalue weighted by atomic mass is 32.1. The molecule has 0 amide bonds. The van der Waals surface area contributed by atoms with Gasteiger partial charge in [-0.25, -0.2) is 4.57 Å². The summed E-state index contributed by atoms with van der Waals surface area (Å²) in [6.45, 7) is 3.48. The minimum atomic E-state index is -4.18. The molecule has 1 unspecified atom stereocenters.